The third kappa shape index (κ3) is 5.10. The summed E-state index contributed by atoms with van der Waals surface area (Å²) < 4.78 is 85.9. The van der Waals surface area contributed by atoms with Crippen LogP contribution < -0.4 is 0 Å². The predicted octanol–water partition coefficient (Wildman–Crippen LogP) is 3.33. The molecule has 0 aliphatic heterocycles. The molecule has 4 rings (SSSR count). The molecular formula is C24H29NO8S3. The molecule has 36 heavy (non-hydrogen) atoms. The fraction of sp³-hybridized carbons (Fsp3) is 0.417. The van der Waals surface area contributed by atoms with Crippen LogP contribution in [0.2, 0.25) is 0 Å². The van der Waals surface area contributed by atoms with Crippen LogP contribution in [0.15, 0.2) is 41.4 Å². The average Bonchev–Trinajstić information content (AvgIpc) is 3.36. The van der Waals surface area contributed by atoms with E-state index in [1.807, 2.05) is 20.8 Å². The molecule has 0 amide bonds. The predicted molar refractivity (Wildman–Crippen MR) is 137 cm³/mol. The van der Waals surface area contributed by atoms with Gasteiger partial charge >= 0.3 is 0 Å². The molecule has 1 heterocycles. The van der Waals surface area contributed by atoms with Gasteiger partial charge in [-0.25, -0.2) is 12.4 Å². The van der Waals surface area contributed by atoms with Crippen molar-refractivity contribution in [1.82, 2.24) is 3.97 Å². The third-order valence-corrected chi connectivity index (χ3v) is 9.52. The lowest BCUT2D eigenvalue weighted by Gasteiger charge is -2.19. The second-order valence-electron chi connectivity index (χ2n) is 9.38. The molecule has 1 aliphatic carbocycles. The summed E-state index contributed by atoms with van der Waals surface area (Å²) in [6.07, 6.45) is 3.76. The van der Waals surface area contributed by atoms with Gasteiger partial charge in [0.1, 0.15) is 0 Å². The first-order valence-corrected chi connectivity index (χ1v) is 16.3. The van der Waals surface area contributed by atoms with Crippen molar-refractivity contribution in [2.45, 2.75) is 43.9 Å². The molecule has 0 radical (unpaired) electrons. The van der Waals surface area contributed by atoms with Crippen molar-refractivity contribution in [3.8, 4) is 0 Å². The summed E-state index contributed by atoms with van der Waals surface area (Å²) in [6.45, 7) is 5.31. The maximum atomic E-state index is 13.7. The molecule has 3 aromatic rings. The van der Waals surface area contributed by atoms with Gasteiger partial charge < -0.3 is 0 Å². The maximum absolute atomic E-state index is 13.7. The van der Waals surface area contributed by atoms with Gasteiger partial charge in [-0.15, -0.1) is 0 Å². The summed E-state index contributed by atoms with van der Waals surface area (Å²) in [4.78, 5) is 0.122. The smallest absolute Gasteiger partial charge is 0.268 e. The summed E-state index contributed by atoms with van der Waals surface area (Å²) in [5.41, 5.74) is 4.51. The van der Waals surface area contributed by atoms with E-state index in [1.165, 1.54) is 10.2 Å². The molecule has 0 N–H and O–H groups in total. The van der Waals surface area contributed by atoms with E-state index in [-0.39, 0.29) is 18.1 Å². The van der Waals surface area contributed by atoms with Gasteiger partial charge in [-0.05, 0) is 67.6 Å². The van der Waals surface area contributed by atoms with E-state index in [1.54, 1.807) is 30.3 Å². The Morgan fingerprint density at radius 1 is 0.778 bits per heavy atom. The normalized spacial score (nSPS) is 18.6. The largest absolute Gasteiger partial charge is 0.270 e. The lowest BCUT2D eigenvalue weighted by Crippen LogP contribution is -2.15. The molecule has 0 saturated heterocycles. The lowest BCUT2D eigenvalue weighted by atomic mass is 9.90. The van der Waals surface area contributed by atoms with Crippen molar-refractivity contribution >= 4 is 41.2 Å². The molecule has 1 aliphatic rings. The Balaban J connectivity index is 1.97. The molecule has 12 heteroatoms. The van der Waals surface area contributed by atoms with Gasteiger partial charge in [-0.2, -0.15) is 16.8 Å². The van der Waals surface area contributed by atoms with Gasteiger partial charge in [0.2, 0.25) is 0 Å². The summed E-state index contributed by atoms with van der Waals surface area (Å²) in [5, 5.41) is 0.718. The Kier molecular flexibility index (Phi) is 6.88. The number of benzene rings is 2. The minimum Gasteiger partial charge on any atom is -0.270 e. The topological polar surface area (TPSA) is 126 Å². The van der Waals surface area contributed by atoms with E-state index >= 15 is 0 Å². The highest BCUT2D eigenvalue weighted by Crippen LogP contribution is 2.49. The minimum absolute atomic E-state index is 0.122. The Labute approximate surface area is 212 Å². The van der Waals surface area contributed by atoms with Gasteiger partial charge in [0.05, 0.1) is 36.1 Å². The molecule has 2 atom stereocenters. The number of nitrogens with zero attached hydrogens (tertiary/aromatic N) is 1. The first-order chi connectivity index (χ1) is 16.6. The van der Waals surface area contributed by atoms with E-state index in [4.69, 9.17) is 8.37 Å². The molecule has 1 aromatic heterocycles. The van der Waals surface area contributed by atoms with Crippen LogP contribution in [-0.2, 0) is 38.6 Å². The molecule has 0 unspecified atom stereocenters. The molecule has 0 spiro atoms. The molecule has 2 aromatic carbocycles. The summed E-state index contributed by atoms with van der Waals surface area (Å²) >= 11 is 0. The first kappa shape index (κ1) is 26.8. The molecule has 0 saturated carbocycles. The highest BCUT2D eigenvalue weighted by Gasteiger charge is 2.38. The Morgan fingerprint density at radius 2 is 1.31 bits per heavy atom. The van der Waals surface area contributed by atoms with Crippen molar-refractivity contribution in [1.29, 1.82) is 0 Å². The fourth-order valence-corrected chi connectivity index (χ4v) is 7.16. The quantitative estimate of drug-likeness (QED) is 0.388. The van der Waals surface area contributed by atoms with E-state index in [0.29, 0.717) is 17.5 Å². The average molecular weight is 556 g/mol. The van der Waals surface area contributed by atoms with Crippen molar-refractivity contribution in [3.63, 3.8) is 0 Å². The van der Waals surface area contributed by atoms with Crippen LogP contribution in [0.4, 0.5) is 0 Å². The highest BCUT2D eigenvalue weighted by molar-refractivity contribution is 7.90. The zero-order valence-corrected chi connectivity index (χ0v) is 23.1. The number of hydrogen-bond acceptors (Lipinski definition) is 8. The van der Waals surface area contributed by atoms with Gasteiger partial charge in [0, 0.05) is 23.4 Å². The van der Waals surface area contributed by atoms with Crippen LogP contribution in [0, 0.1) is 20.8 Å². The van der Waals surface area contributed by atoms with Crippen molar-refractivity contribution in [2.75, 3.05) is 25.7 Å². The molecule has 196 valence electrons. The van der Waals surface area contributed by atoms with Crippen LogP contribution in [-0.4, -0.2) is 55.0 Å². The molecular weight excluding hydrogens is 526 g/mol. The molecule has 0 bridgehead atoms. The van der Waals surface area contributed by atoms with Crippen LogP contribution in [0.3, 0.4) is 0 Å². The maximum Gasteiger partial charge on any atom is 0.268 e. The van der Waals surface area contributed by atoms with E-state index < -0.39 is 42.1 Å². The first-order valence-electron chi connectivity index (χ1n) is 11.2. The minimum atomic E-state index is -3.98. The van der Waals surface area contributed by atoms with Crippen LogP contribution in [0.5, 0.6) is 0 Å². The zero-order chi connectivity index (χ0) is 26.6. The van der Waals surface area contributed by atoms with Crippen molar-refractivity contribution < 1.29 is 33.6 Å². The lowest BCUT2D eigenvalue weighted by molar-refractivity contribution is 0.264. The number of aryl methyl sites for hydroxylation is 2. The molecule has 0 fully saturated rings. The number of hydrogen-bond donors (Lipinski definition) is 0. The zero-order valence-electron chi connectivity index (χ0n) is 20.7. The van der Waals surface area contributed by atoms with E-state index in [9.17, 15) is 25.3 Å². The second-order valence-corrected chi connectivity index (χ2v) is 14.5. The number of fused-ring (bicyclic) bond motifs is 3. The summed E-state index contributed by atoms with van der Waals surface area (Å²) in [5.74, 6) is -0.886. The SMILES string of the molecule is Cc1ccc(S(=O)(=O)n2ccc3c(C)c(C)c4c(c32)[C@H](COS(C)(=O)=O)C[C@@H]4COS(C)(=O)=O)cc1. The Hall–Kier alpha value is -2.25. The molecule has 9 nitrogen and oxygen atoms in total. The fourth-order valence-electron chi connectivity index (χ4n) is 4.97. The van der Waals surface area contributed by atoms with Crippen molar-refractivity contribution in [2.24, 2.45) is 0 Å². The van der Waals surface area contributed by atoms with Gasteiger partial charge in [-0.3, -0.25) is 8.37 Å². The van der Waals surface area contributed by atoms with Gasteiger partial charge in [0.15, 0.2) is 0 Å². The summed E-state index contributed by atoms with van der Waals surface area (Å²) in [6, 6.07) is 8.27. The van der Waals surface area contributed by atoms with Crippen LogP contribution >= 0.6 is 0 Å². The Bertz CT molecular complexity index is 1650. The van der Waals surface area contributed by atoms with E-state index in [0.717, 1.165) is 40.2 Å². The van der Waals surface area contributed by atoms with Crippen LogP contribution in [0.25, 0.3) is 10.9 Å². The number of aromatic nitrogens is 1. The second kappa shape index (κ2) is 9.25. The Morgan fingerprint density at radius 3 is 1.83 bits per heavy atom. The number of rotatable bonds is 8. The summed E-state index contributed by atoms with van der Waals surface area (Å²) in [7, 11) is -11.5. The standard InChI is InChI=1S/C24H29NO8S3/c1-15-6-8-20(9-7-15)36(30,31)25-11-10-21-16(2)17(3)22-18(13-32-34(4,26)27)12-19(23(22)24(21)25)14-33-35(5,28)29/h6-11,18-19H,12-14H2,1-5H3/t18-,19+/m1/s1. The highest BCUT2D eigenvalue weighted by atomic mass is 32.2. The third-order valence-electron chi connectivity index (χ3n) is 6.70. The van der Waals surface area contributed by atoms with Crippen molar-refractivity contribution in [3.05, 3.63) is 64.3 Å². The van der Waals surface area contributed by atoms with Gasteiger partial charge in [0.25, 0.3) is 30.3 Å². The van der Waals surface area contributed by atoms with E-state index in [2.05, 4.69) is 0 Å². The van der Waals surface area contributed by atoms with Gasteiger partial charge in [-0.1, -0.05) is 17.7 Å². The van der Waals surface area contributed by atoms with Crippen LogP contribution in [0.1, 0.15) is 46.1 Å². The monoisotopic (exact) mass is 555 g/mol.